The van der Waals surface area contributed by atoms with Crippen LogP contribution in [0.5, 0.6) is 0 Å². The fraction of sp³-hybridized carbons (Fsp3) is 0.242. The lowest BCUT2D eigenvalue weighted by molar-refractivity contribution is -0.0916. The van der Waals surface area contributed by atoms with E-state index in [2.05, 4.69) is 15.3 Å². The van der Waals surface area contributed by atoms with Crippen LogP contribution in [-0.4, -0.2) is 56.1 Å². The van der Waals surface area contributed by atoms with Gasteiger partial charge in [0.05, 0.1) is 10.9 Å². The summed E-state index contributed by atoms with van der Waals surface area (Å²) in [6.07, 6.45) is -2.53. The number of carbonyl (C=O) groups is 1. The minimum absolute atomic E-state index is 0.362. The first-order chi connectivity index (χ1) is 20.4. The van der Waals surface area contributed by atoms with E-state index in [0.717, 1.165) is 27.6 Å². The van der Waals surface area contributed by atoms with Crippen LogP contribution in [0.1, 0.15) is 39.4 Å². The number of hydrogen-bond donors (Lipinski definition) is 3. The molecule has 5 atom stereocenters. The zero-order valence-corrected chi connectivity index (χ0v) is 23.5. The van der Waals surface area contributed by atoms with Crippen LogP contribution in [0.4, 0.5) is 5.82 Å². The maximum Gasteiger partial charge on any atom is 0.338 e. The van der Waals surface area contributed by atoms with Gasteiger partial charge < -0.3 is 29.6 Å². The first kappa shape index (κ1) is 27.6. The lowest BCUT2D eigenvalue weighted by Gasteiger charge is -2.27. The van der Waals surface area contributed by atoms with Crippen molar-refractivity contribution < 1.29 is 24.5 Å². The molecule has 0 aliphatic carbocycles. The number of anilines is 1. The second-order valence-electron chi connectivity index (χ2n) is 10.5. The van der Waals surface area contributed by atoms with Crippen molar-refractivity contribution in [1.82, 2.24) is 14.5 Å². The zero-order valence-electron chi connectivity index (χ0n) is 23.5. The van der Waals surface area contributed by atoms with Crippen molar-refractivity contribution in [2.45, 2.75) is 44.5 Å². The number of aryl methyl sites for hydroxylation is 2. The molecule has 1 aliphatic heterocycles. The molecule has 42 heavy (non-hydrogen) atoms. The van der Waals surface area contributed by atoms with Crippen LogP contribution in [0, 0.1) is 13.8 Å². The summed E-state index contributed by atoms with van der Waals surface area (Å²) in [6, 6.07) is 24.6. The number of nitrogens with zero attached hydrogens (tertiary/aromatic N) is 3. The molecule has 1 aliphatic rings. The monoisotopic (exact) mass is 564 g/mol. The molecule has 0 amide bonds. The summed E-state index contributed by atoms with van der Waals surface area (Å²) < 4.78 is 14.1. The van der Waals surface area contributed by atoms with Crippen LogP contribution in [0.3, 0.4) is 0 Å². The fourth-order valence-corrected chi connectivity index (χ4v) is 5.42. The van der Waals surface area contributed by atoms with Gasteiger partial charge in [-0.15, -0.1) is 0 Å². The number of aliphatic hydroxyl groups is 2. The number of rotatable bonds is 7. The van der Waals surface area contributed by atoms with Crippen molar-refractivity contribution in [2.24, 2.45) is 0 Å². The van der Waals surface area contributed by atoms with Crippen molar-refractivity contribution in [2.75, 3.05) is 12.4 Å². The average molecular weight is 565 g/mol. The van der Waals surface area contributed by atoms with Gasteiger partial charge in [0.15, 0.2) is 12.3 Å². The van der Waals surface area contributed by atoms with Gasteiger partial charge in [-0.3, -0.25) is 0 Å². The van der Waals surface area contributed by atoms with Gasteiger partial charge in [-0.2, -0.15) is 0 Å². The molecule has 2 aromatic heterocycles. The Morgan fingerprint density at radius 3 is 2.38 bits per heavy atom. The molecule has 1 fully saturated rings. The number of carbonyl (C=O) groups excluding carboxylic acids is 1. The Kier molecular flexibility index (Phi) is 7.47. The second kappa shape index (κ2) is 11.4. The summed E-state index contributed by atoms with van der Waals surface area (Å²) in [6.45, 7) is 3.96. The van der Waals surface area contributed by atoms with Gasteiger partial charge in [0.1, 0.15) is 36.1 Å². The van der Waals surface area contributed by atoms with Gasteiger partial charge in [-0.1, -0.05) is 60.7 Å². The van der Waals surface area contributed by atoms with Crippen LogP contribution >= 0.6 is 0 Å². The standard InChI is InChI=1S/C33H32N4O5/c1-19-9-10-24(17-20(19)2)28(42-33(40)23-13-11-22(12-14-23)21-7-5-4-6-8-21)29-26(38)27(39)32(41-29)37-16-15-25-30(34-3)35-18-36-31(25)37/h4-18,26-29,32,38-39H,1-3H3,(H,34,35,36)/t26-,27+,28+,29-,32+/m0/s1. The summed E-state index contributed by atoms with van der Waals surface area (Å²) in [7, 11) is 1.76. The highest BCUT2D eigenvalue weighted by molar-refractivity contribution is 5.90. The van der Waals surface area contributed by atoms with Crippen LogP contribution in [0.15, 0.2) is 91.4 Å². The number of esters is 1. The SMILES string of the molecule is CNc1ncnc2c1ccn2[C@@H]1O[C@H]([C@H](OC(=O)c2ccc(-c3ccccc3)cc2)c2ccc(C)c(C)c2)[C@@H](O)[C@H]1O. The Balaban J connectivity index is 1.32. The van der Waals surface area contributed by atoms with Gasteiger partial charge in [0, 0.05) is 13.2 Å². The highest BCUT2D eigenvalue weighted by Crippen LogP contribution is 2.40. The van der Waals surface area contributed by atoms with Crippen LogP contribution in [0.2, 0.25) is 0 Å². The largest absolute Gasteiger partial charge is 0.451 e. The lowest BCUT2D eigenvalue weighted by Crippen LogP contribution is -2.36. The Hall–Kier alpha value is -4.57. The molecule has 9 nitrogen and oxygen atoms in total. The van der Waals surface area contributed by atoms with Crippen LogP contribution in [-0.2, 0) is 9.47 Å². The molecule has 0 bridgehead atoms. The number of hydrogen-bond acceptors (Lipinski definition) is 8. The Bertz CT molecular complexity index is 1720. The molecule has 3 N–H and O–H groups in total. The Morgan fingerprint density at radius 1 is 0.929 bits per heavy atom. The number of aromatic nitrogens is 3. The van der Waals surface area contributed by atoms with Crippen molar-refractivity contribution in [3.63, 3.8) is 0 Å². The van der Waals surface area contributed by atoms with E-state index in [4.69, 9.17) is 9.47 Å². The number of nitrogens with one attached hydrogen (secondary N) is 1. The molecular weight excluding hydrogens is 532 g/mol. The van der Waals surface area contributed by atoms with Crippen molar-refractivity contribution in [1.29, 1.82) is 0 Å². The number of aliphatic hydroxyl groups excluding tert-OH is 2. The van der Waals surface area contributed by atoms with Crippen molar-refractivity contribution >= 4 is 22.8 Å². The normalized spacial score (nSPS) is 20.9. The third-order valence-corrected chi connectivity index (χ3v) is 7.92. The minimum atomic E-state index is -1.35. The number of ether oxygens (including phenoxy) is 2. The topological polar surface area (TPSA) is 119 Å². The summed E-state index contributed by atoms with van der Waals surface area (Å²) in [5.74, 6) is 0.0629. The van der Waals surface area contributed by atoms with E-state index in [9.17, 15) is 15.0 Å². The quantitative estimate of drug-likeness (QED) is 0.237. The zero-order chi connectivity index (χ0) is 29.4. The third kappa shape index (κ3) is 5.02. The van der Waals surface area contributed by atoms with Crippen molar-refractivity contribution in [3.05, 3.63) is 114 Å². The smallest absolute Gasteiger partial charge is 0.338 e. The summed E-state index contributed by atoms with van der Waals surface area (Å²) >= 11 is 0. The van der Waals surface area contributed by atoms with E-state index in [1.165, 1.54) is 6.33 Å². The first-order valence-corrected chi connectivity index (χ1v) is 13.8. The van der Waals surface area contributed by atoms with Crippen LogP contribution < -0.4 is 5.32 Å². The maximum atomic E-state index is 13.5. The van der Waals surface area contributed by atoms with Gasteiger partial charge >= 0.3 is 5.97 Å². The first-order valence-electron chi connectivity index (χ1n) is 13.8. The molecule has 0 spiro atoms. The van der Waals surface area contributed by atoms with Crippen LogP contribution in [0.25, 0.3) is 22.2 Å². The van der Waals surface area contributed by atoms with Gasteiger partial charge in [0.2, 0.25) is 0 Å². The van der Waals surface area contributed by atoms with Gasteiger partial charge in [-0.25, -0.2) is 14.8 Å². The molecule has 1 saturated heterocycles. The number of benzene rings is 3. The number of fused-ring (bicyclic) bond motifs is 1. The van der Waals surface area contributed by atoms with E-state index in [-0.39, 0.29) is 0 Å². The second-order valence-corrected chi connectivity index (χ2v) is 10.5. The predicted molar refractivity (Wildman–Crippen MR) is 159 cm³/mol. The van der Waals surface area contributed by atoms with Gasteiger partial charge in [-0.05, 0) is 59.9 Å². The molecule has 3 heterocycles. The van der Waals surface area contributed by atoms with E-state index in [0.29, 0.717) is 22.6 Å². The Labute approximate surface area is 243 Å². The minimum Gasteiger partial charge on any atom is -0.451 e. The van der Waals surface area contributed by atoms with E-state index in [1.54, 1.807) is 29.9 Å². The molecule has 214 valence electrons. The van der Waals surface area contributed by atoms with Crippen molar-refractivity contribution in [3.8, 4) is 11.1 Å². The highest BCUT2D eigenvalue weighted by Gasteiger charge is 2.49. The molecule has 0 radical (unpaired) electrons. The highest BCUT2D eigenvalue weighted by atomic mass is 16.6. The summed E-state index contributed by atoms with van der Waals surface area (Å²) in [5, 5.41) is 26.2. The van der Waals surface area contributed by atoms with E-state index < -0.39 is 36.6 Å². The predicted octanol–water partition coefficient (Wildman–Crippen LogP) is 4.97. The van der Waals surface area contributed by atoms with E-state index in [1.807, 2.05) is 80.6 Å². The maximum absolute atomic E-state index is 13.5. The summed E-state index contributed by atoms with van der Waals surface area (Å²) in [4.78, 5) is 22.1. The molecule has 0 unspecified atom stereocenters. The molecule has 0 saturated carbocycles. The summed E-state index contributed by atoms with van der Waals surface area (Å²) in [5.41, 5.74) is 5.63. The average Bonchev–Trinajstić information content (AvgIpc) is 3.58. The molecular formula is C33H32N4O5. The Morgan fingerprint density at radius 2 is 1.67 bits per heavy atom. The molecule has 9 heteroatoms. The molecule has 6 rings (SSSR count). The van der Waals surface area contributed by atoms with Gasteiger partial charge in [0.25, 0.3) is 0 Å². The van der Waals surface area contributed by atoms with E-state index >= 15 is 0 Å². The fourth-order valence-electron chi connectivity index (χ4n) is 5.42. The molecule has 3 aromatic carbocycles. The third-order valence-electron chi connectivity index (χ3n) is 7.92. The molecule has 5 aromatic rings. The lowest BCUT2D eigenvalue weighted by atomic mass is 9.96.